The molecule has 32 heavy (non-hydrogen) atoms. The number of benzene rings is 2. The number of hydrogen-bond donors (Lipinski definition) is 0. The molecule has 0 saturated carbocycles. The van der Waals surface area contributed by atoms with Crippen molar-refractivity contribution in [3.63, 3.8) is 0 Å². The van der Waals surface area contributed by atoms with Gasteiger partial charge in [-0.1, -0.05) is 12.1 Å². The van der Waals surface area contributed by atoms with Gasteiger partial charge in [-0.25, -0.2) is 4.98 Å². The highest BCUT2D eigenvalue weighted by Crippen LogP contribution is 2.34. The summed E-state index contributed by atoms with van der Waals surface area (Å²) in [4.78, 5) is 32.3. The number of Topliss-reactive ketones (excluding diaryl/α,β-unsaturated/α-hetero) is 1. The van der Waals surface area contributed by atoms with Crippen LogP contribution in [0.15, 0.2) is 42.5 Å². The summed E-state index contributed by atoms with van der Waals surface area (Å²) in [5.74, 6) is 1.54. The Hall–Kier alpha value is -2.93. The Kier molecular flexibility index (Phi) is 6.08. The first-order valence-corrected chi connectivity index (χ1v) is 12.0. The number of rotatable bonds is 5. The first-order chi connectivity index (χ1) is 15.7. The number of carbonyl (C=O) groups excluding carboxylic acids is 2. The van der Waals surface area contributed by atoms with E-state index in [-0.39, 0.29) is 30.4 Å². The second-order valence-electron chi connectivity index (χ2n) is 8.33. The molecule has 3 heterocycles. The lowest BCUT2D eigenvalue weighted by molar-refractivity contribution is -0.132. The molecule has 1 fully saturated rings. The number of carbonyl (C=O) groups is 2. The van der Waals surface area contributed by atoms with Gasteiger partial charge in [-0.2, -0.15) is 0 Å². The number of piperidine rings is 1. The van der Waals surface area contributed by atoms with E-state index >= 15 is 0 Å². The summed E-state index contributed by atoms with van der Waals surface area (Å²) in [5, 5.41) is 1.10. The Bertz CT molecular complexity index is 1110. The standard InChI is InChI=1S/C25H26N2O4S/c28-20(17-8-10-21-22(15-17)31-14-4-13-30-21)9-11-24(29)27-12-3-5-18(16-27)25-26-19-6-1-2-7-23(19)32-25/h1-2,6-8,10,15,18H,3-5,9,11-14,16H2/t18-/m0/s1. The van der Waals surface area contributed by atoms with Crippen LogP contribution in [0.2, 0.25) is 0 Å². The summed E-state index contributed by atoms with van der Waals surface area (Å²) in [5.41, 5.74) is 1.59. The normalized spacial score (nSPS) is 18.4. The molecule has 0 unspecified atom stereocenters. The number of ether oxygens (including phenoxy) is 2. The average Bonchev–Trinajstić information content (AvgIpc) is 3.13. The number of para-hydroxylation sites is 1. The van der Waals surface area contributed by atoms with Gasteiger partial charge in [-0.05, 0) is 43.2 Å². The van der Waals surface area contributed by atoms with Gasteiger partial charge in [0.2, 0.25) is 5.91 Å². The number of aromatic nitrogens is 1. The first-order valence-electron chi connectivity index (χ1n) is 11.2. The van der Waals surface area contributed by atoms with E-state index in [2.05, 4.69) is 6.07 Å². The van der Waals surface area contributed by atoms with Crippen LogP contribution < -0.4 is 9.47 Å². The number of likely N-dealkylation sites (tertiary alicyclic amines) is 1. The van der Waals surface area contributed by atoms with Gasteiger partial charge in [0.25, 0.3) is 0 Å². The number of ketones is 1. The van der Waals surface area contributed by atoms with Crippen LogP contribution in [-0.2, 0) is 4.79 Å². The zero-order valence-corrected chi connectivity index (χ0v) is 18.7. The third-order valence-corrected chi connectivity index (χ3v) is 7.27. The predicted octanol–water partition coefficient (Wildman–Crippen LogP) is 4.83. The molecule has 1 saturated heterocycles. The molecule has 0 bridgehead atoms. The number of nitrogens with zero attached hydrogens (tertiary/aromatic N) is 2. The smallest absolute Gasteiger partial charge is 0.223 e. The van der Waals surface area contributed by atoms with E-state index in [9.17, 15) is 9.59 Å². The van der Waals surface area contributed by atoms with Crippen molar-refractivity contribution < 1.29 is 19.1 Å². The maximum Gasteiger partial charge on any atom is 0.223 e. The van der Waals surface area contributed by atoms with Crippen LogP contribution in [0, 0.1) is 0 Å². The highest BCUT2D eigenvalue weighted by molar-refractivity contribution is 7.18. The second-order valence-corrected chi connectivity index (χ2v) is 9.40. The van der Waals surface area contributed by atoms with E-state index in [1.54, 1.807) is 29.5 Å². The van der Waals surface area contributed by atoms with Crippen LogP contribution in [0.4, 0.5) is 0 Å². The van der Waals surface area contributed by atoms with Crippen molar-refractivity contribution in [1.82, 2.24) is 9.88 Å². The number of hydrogen-bond acceptors (Lipinski definition) is 6. The lowest BCUT2D eigenvalue weighted by atomic mass is 9.98. The van der Waals surface area contributed by atoms with Gasteiger partial charge in [0.05, 0.1) is 28.4 Å². The summed E-state index contributed by atoms with van der Waals surface area (Å²) in [7, 11) is 0. The van der Waals surface area contributed by atoms with Crippen molar-refractivity contribution in [3.05, 3.63) is 53.0 Å². The van der Waals surface area contributed by atoms with Gasteiger partial charge >= 0.3 is 0 Å². The lowest BCUT2D eigenvalue weighted by Crippen LogP contribution is -2.39. The topological polar surface area (TPSA) is 68.7 Å². The van der Waals surface area contributed by atoms with Gasteiger partial charge in [0, 0.05) is 43.8 Å². The molecule has 2 aromatic carbocycles. The summed E-state index contributed by atoms with van der Waals surface area (Å²) < 4.78 is 12.5. The molecule has 6 nitrogen and oxygen atoms in total. The van der Waals surface area contributed by atoms with Crippen molar-refractivity contribution in [2.24, 2.45) is 0 Å². The molecule has 0 aliphatic carbocycles. The van der Waals surface area contributed by atoms with Gasteiger partial charge < -0.3 is 14.4 Å². The van der Waals surface area contributed by atoms with Crippen molar-refractivity contribution in [2.75, 3.05) is 26.3 Å². The fourth-order valence-electron chi connectivity index (χ4n) is 4.33. The monoisotopic (exact) mass is 450 g/mol. The number of amides is 1. The van der Waals surface area contributed by atoms with Gasteiger partial charge in [-0.15, -0.1) is 11.3 Å². The molecule has 166 valence electrons. The van der Waals surface area contributed by atoms with Crippen LogP contribution in [0.25, 0.3) is 10.2 Å². The van der Waals surface area contributed by atoms with E-state index in [1.807, 2.05) is 23.1 Å². The van der Waals surface area contributed by atoms with E-state index < -0.39 is 0 Å². The van der Waals surface area contributed by atoms with Crippen molar-refractivity contribution in [2.45, 2.75) is 38.0 Å². The molecule has 5 rings (SSSR count). The maximum atomic E-state index is 12.9. The molecule has 2 aliphatic rings. The summed E-state index contributed by atoms with van der Waals surface area (Å²) >= 11 is 1.72. The number of fused-ring (bicyclic) bond motifs is 2. The van der Waals surface area contributed by atoms with Gasteiger partial charge in [0.1, 0.15) is 0 Å². The van der Waals surface area contributed by atoms with Crippen LogP contribution in [0.1, 0.15) is 53.4 Å². The molecule has 3 aromatic rings. The molecule has 0 spiro atoms. The largest absolute Gasteiger partial charge is 0.490 e. The fourth-order valence-corrected chi connectivity index (χ4v) is 5.42. The van der Waals surface area contributed by atoms with Crippen molar-refractivity contribution >= 4 is 33.2 Å². The summed E-state index contributed by atoms with van der Waals surface area (Å²) in [6.07, 6.45) is 3.24. The first kappa shape index (κ1) is 20.9. The molecule has 0 radical (unpaired) electrons. The van der Waals surface area contributed by atoms with E-state index in [0.717, 1.165) is 36.3 Å². The predicted molar refractivity (Wildman–Crippen MR) is 124 cm³/mol. The second kappa shape index (κ2) is 9.28. The van der Waals surface area contributed by atoms with Crippen LogP contribution in [0.3, 0.4) is 0 Å². The highest BCUT2D eigenvalue weighted by atomic mass is 32.1. The molecule has 7 heteroatoms. The molecule has 1 atom stereocenters. The molecular formula is C25H26N2O4S. The zero-order valence-electron chi connectivity index (χ0n) is 17.9. The minimum atomic E-state index is -0.0475. The molecule has 0 N–H and O–H groups in total. The Balaban J connectivity index is 1.19. The number of thiazole rings is 1. The van der Waals surface area contributed by atoms with Crippen LogP contribution >= 0.6 is 11.3 Å². The van der Waals surface area contributed by atoms with Gasteiger partial charge in [-0.3, -0.25) is 9.59 Å². The SMILES string of the molecule is O=C(CCC(=O)N1CCC[C@H](c2nc3ccccc3s2)C1)c1ccc2c(c1)OCCCO2. The Morgan fingerprint density at radius 3 is 2.75 bits per heavy atom. The maximum absolute atomic E-state index is 12.9. The molecular weight excluding hydrogens is 424 g/mol. The summed E-state index contributed by atoms with van der Waals surface area (Å²) in [6.45, 7) is 2.62. The van der Waals surface area contributed by atoms with Crippen LogP contribution in [-0.4, -0.2) is 47.9 Å². The highest BCUT2D eigenvalue weighted by Gasteiger charge is 2.27. The Morgan fingerprint density at radius 2 is 1.88 bits per heavy atom. The van der Waals surface area contributed by atoms with E-state index in [4.69, 9.17) is 14.5 Å². The fraction of sp³-hybridized carbons (Fsp3) is 0.400. The van der Waals surface area contributed by atoms with Crippen LogP contribution in [0.5, 0.6) is 11.5 Å². The minimum absolute atomic E-state index is 0.0403. The Morgan fingerprint density at radius 1 is 1.03 bits per heavy atom. The van der Waals surface area contributed by atoms with E-state index in [0.29, 0.717) is 36.8 Å². The average molecular weight is 451 g/mol. The zero-order chi connectivity index (χ0) is 21.9. The lowest BCUT2D eigenvalue weighted by Gasteiger charge is -2.32. The third kappa shape index (κ3) is 4.48. The molecule has 1 amide bonds. The molecule has 1 aromatic heterocycles. The van der Waals surface area contributed by atoms with Crippen molar-refractivity contribution in [3.8, 4) is 11.5 Å². The Labute approximate surface area is 191 Å². The van der Waals surface area contributed by atoms with E-state index in [1.165, 1.54) is 4.70 Å². The molecule has 2 aliphatic heterocycles. The minimum Gasteiger partial charge on any atom is -0.490 e. The van der Waals surface area contributed by atoms with Gasteiger partial charge in [0.15, 0.2) is 17.3 Å². The van der Waals surface area contributed by atoms with Crippen molar-refractivity contribution in [1.29, 1.82) is 0 Å². The quantitative estimate of drug-likeness (QED) is 0.521. The third-order valence-electron chi connectivity index (χ3n) is 6.07. The summed E-state index contributed by atoms with van der Waals surface area (Å²) in [6, 6.07) is 13.4.